The van der Waals surface area contributed by atoms with E-state index in [1.807, 2.05) is 6.92 Å². The lowest BCUT2D eigenvalue weighted by Crippen LogP contribution is -2.32. The third kappa shape index (κ3) is 4.23. The fourth-order valence-electron chi connectivity index (χ4n) is 3.48. The molecule has 3 aromatic carbocycles. The summed E-state index contributed by atoms with van der Waals surface area (Å²) in [5, 5.41) is 3.05. The molecule has 0 unspecified atom stereocenters. The molecule has 0 aliphatic carbocycles. The summed E-state index contributed by atoms with van der Waals surface area (Å²) in [6.07, 6.45) is 0. The topological polar surface area (TPSA) is 58.6 Å². The zero-order valence-corrected chi connectivity index (χ0v) is 17.3. The van der Waals surface area contributed by atoms with Gasteiger partial charge in [0, 0.05) is 0 Å². The van der Waals surface area contributed by atoms with Crippen molar-refractivity contribution in [3.05, 3.63) is 101 Å². The van der Waals surface area contributed by atoms with Gasteiger partial charge in [-0.15, -0.1) is 0 Å². The van der Waals surface area contributed by atoms with Crippen LogP contribution in [-0.4, -0.2) is 23.3 Å². The van der Waals surface area contributed by atoms with E-state index in [0.717, 1.165) is 4.90 Å². The van der Waals surface area contributed by atoms with Crippen LogP contribution in [0.15, 0.2) is 78.5 Å². The first-order chi connectivity index (χ1) is 15.5. The summed E-state index contributed by atoms with van der Waals surface area (Å²) in [5.74, 6) is -1.40. The van der Waals surface area contributed by atoms with Gasteiger partial charge in [0.2, 0.25) is 0 Å². The van der Waals surface area contributed by atoms with Crippen LogP contribution in [0.25, 0.3) is 5.57 Å². The van der Waals surface area contributed by atoms with Crippen molar-refractivity contribution in [1.82, 2.24) is 4.90 Å². The number of para-hydroxylation sites is 2. The van der Waals surface area contributed by atoms with Gasteiger partial charge < -0.3 is 10.1 Å². The number of halogens is 2. The van der Waals surface area contributed by atoms with Crippen LogP contribution in [0.2, 0.25) is 0 Å². The second-order valence-corrected chi connectivity index (χ2v) is 7.13. The minimum absolute atomic E-state index is 0.0269. The minimum Gasteiger partial charge on any atom is -0.492 e. The second-order valence-electron chi connectivity index (χ2n) is 7.13. The molecular formula is C25H20F2N2O3. The Bertz CT molecular complexity index is 1190. The molecule has 0 aromatic heterocycles. The maximum absolute atomic E-state index is 13.5. The van der Waals surface area contributed by atoms with Gasteiger partial charge >= 0.3 is 0 Å². The first kappa shape index (κ1) is 21.2. The average Bonchev–Trinajstić information content (AvgIpc) is 3.01. The van der Waals surface area contributed by atoms with Crippen LogP contribution >= 0.6 is 0 Å². The van der Waals surface area contributed by atoms with Gasteiger partial charge in [0.15, 0.2) is 0 Å². The second kappa shape index (κ2) is 9.01. The van der Waals surface area contributed by atoms with Crippen molar-refractivity contribution in [2.24, 2.45) is 0 Å². The highest BCUT2D eigenvalue weighted by molar-refractivity contribution is 6.36. The molecular weight excluding hydrogens is 414 g/mol. The Morgan fingerprint density at radius 3 is 2.12 bits per heavy atom. The van der Waals surface area contributed by atoms with Crippen molar-refractivity contribution in [3.8, 4) is 5.75 Å². The number of carbonyl (C=O) groups excluding carboxylic acids is 2. The number of nitrogens with one attached hydrogen (secondary N) is 1. The van der Waals surface area contributed by atoms with Crippen molar-refractivity contribution in [2.45, 2.75) is 13.5 Å². The highest BCUT2D eigenvalue weighted by Gasteiger charge is 2.39. The normalized spacial score (nSPS) is 13.7. The number of nitrogens with zero attached hydrogens (tertiary/aromatic N) is 1. The Balaban J connectivity index is 1.74. The summed E-state index contributed by atoms with van der Waals surface area (Å²) in [6, 6.07) is 18.0. The summed E-state index contributed by atoms with van der Waals surface area (Å²) in [4.78, 5) is 27.7. The first-order valence-electron chi connectivity index (χ1n) is 10.1. The molecule has 0 saturated heterocycles. The molecule has 2 amide bonds. The smallest absolute Gasteiger partial charge is 0.278 e. The van der Waals surface area contributed by atoms with Gasteiger partial charge in [-0.25, -0.2) is 8.78 Å². The van der Waals surface area contributed by atoms with Gasteiger partial charge in [0.05, 0.1) is 24.4 Å². The molecule has 0 radical (unpaired) electrons. The Labute approximate surface area is 183 Å². The third-order valence-corrected chi connectivity index (χ3v) is 5.00. The number of amides is 2. The van der Waals surface area contributed by atoms with Gasteiger partial charge in [-0.1, -0.05) is 36.4 Å². The highest BCUT2D eigenvalue weighted by Crippen LogP contribution is 2.34. The average molecular weight is 434 g/mol. The Morgan fingerprint density at radius 2 is 1.47 bits per heavy atom. The van der Waals surface area contributed by atoms with E-state index in [9.17, 15) is 18.4 Å². The van der Waals surface area contributed by atoms with Crippen molar-refractivity contribution in [2.75, 3.05) is 11.9 Å². The molecule has 1 heterocycles. The SMILES string of the molecule is CCOc1ccccc1NC1=C(c2ccc(F)cc2)C(=O)N(Cc2ccc(F)cc2)C1=O. The maximum Gasteiger partial charge on any atom is 0.278 e. The molecule has 32 heavy (non-hydrogen) atoms. The van der Waals surface area contributed by atoms with Crippen molar-refractivity contribution in [1.29, 1.82) is 0 Å². The number of hydrogen-bond acceptors (Lipinski definition) is 4. The summed E-state index contributed by atoms with van der Waals surface area (Å²) >= 11 is 0. The summed E-state index contributed by atoms with van der Waals surface area (Å²) in [7, 11) is 0. The van der Waals surface area contributed by atoms with Gasteiger partial charge in [-0.05, 0) is 54.4 Å². The van der Waals surface area contributed by atoms with E-state index in [2.05, 4.69) is 5.32 Å². The van der Waals surface area contributed by atoms with E-state index >= 15 is 0 Å². The molecule has 0 saturated carbocycles. The van der Waals surface area contributed by atoms with Crippen LogP contribution in [0, 0.1) is 11.6 Å². The van der Waals surface area contributed by atoms with Crippen LogP contribution in [-0.2, 0) is 16.1 Å². The van der Waals surface area contributed by atoms with E-state index in [1.54, 1.807) is 24.3 Å². The Hall–Kier alpha value is -4.00. The Kier molecular flexibility index (Phi) is 5.98. The van der Waals surface area contributed by atoms with Crippen LogP contribution in [0.4, 0.5) is 14.5 Å². The van der Waals surface area contributed by atoms with E-state index in [-0.39, 0.29) is 17.8 Å². The quantitative estimate of drug-likeness (QED) is 0.545. The molecule has 1 N–H and O–H groups in total. The summed E-state index contributed by atoms with van der Waals surface area (Å²) in [6.45, 7) is 2.24. The fraction of sp³-hybridized carbons (Fsp3) is 0.120. The standard InChI is InChI=1S/C25H20F2N2O3/c1-2-32-21-6-4-3-5-20(21)28-23-22(17-9-13-19(27)14-10-17)24(30)29(25(23)31)15-16-7-11-18(26)12-8-16/h3-14,28H,2,15H2,1H3. The number of benzene rings is 3. The molecule has 3 aromatic rings. The van der Waals surface area contributed by atoms with Crippen molar-refractivity contribution < 1.29 is 23.1 Å². The van der Waals surface area contributed by atoms with E-state index in [0.29, 0.717) is 29.2 Å². The Morgan fingerprint density at radius 1 is 0.844 bits per heavy atom. The fourth-order valence-corrected chi connectivity index (χ4v) is 3.48. The van der Waals surface area contributed by atoms with E-state index in [4.69, 9.17) is 4.74 Å². The number of imide groups is 1. The number of hydrogen-bond donors (Lipinski definition) is 1. The summed E-state index contributed by atoms with van der Waals surface area (Å²) in [5.41, 5.74) is 1.72. The molecule has 7 heteroatoms. The van der Waals surface area contributed by atoms with Crippen molar-refractivity contribution in [3.63, 3.8) is 0 Å². The van der Waals surface area contributed by atoms with Gasteiger partial charge in [0.25, 0.3) is 11.8 Å². The lowest BCUT2D eigenvalue weighted by Gasteiger charge is -2.16. The predicted octanol–water partition coefficient (Wildman–Crippen LogP) is 4.76. The number of anilines is 1. The van der Waals surface area contributed by atoms with Crippen LogP contribution in [0.1, 0.15) is 18.1 Å². The van der Waals surface area contributed by atoms with Gasteiger partial charge in [-0.3, -0.25) is 14.5 Å². The molecule has 0 bridgehead atoms. The monoisotopic (exact) mass is 434 g/mol. The number of carbonyl (C=O) groups is 2. The lowest BCUT2D eigenvalue weighted by molar-refractivity contribution is -0.137. The van der Waals surface area contributed by atoms with Gasteiger partial charge in [-0.2, -0.15) is 0 Å². The molecule has 4 rings (SSSR count). The van der Waals surface area contributed by atoms with Crippen LogP contribution < -0.4 is 10.1 Å². The van der Waals surface area contributed by atoms with Crippen LogP contribution in [0.3, 0.4) is 0 Å². The molecule has 1 aliphatic rings. The molecule has 162 valence electrons. The molecule has 0 fully saturated rings. The first-order valence-corrected chi connectivity index (χ1v) is 10.1. The molecule has 5 nitrogen and oxygen atoms in total. The highest BCUT2D eigenvalue weighted by atomic mass is 19.1. The number of ether oxygens (including phenoxy) is 1. The molecule has 0 spiro atoms. The zero-order chi connectivity index (χ0) is 22.7. The zero-order valence-electron chi connectivity index (χ0n) is 17.3. The summed E-state index contributed by atoms with van der Waals surface area (Å²) < 4.78 is 32.4. The lowest BCUT2D eigenvalue weighted by atomic mass is 10.0. The number of rotatable bonds is 7. The maximum atomic E-state index is 13.5. The van der Waals surface area contributed by atoms with E-state index < -0.39 is 23.4 Å². The minimum atomic E-state index is -0.537. The third-order valence-electron chi connectivity index (χ3n) is 5.00. The molecule has 0 atom stereocenters. The van der Waals surface area contributed by atoms with E-state index in [1.165, 1.54) is 48.5 Å². The largest absolute Gasteiger partial charge is 0.492 e. The van der Waals surface area contributed by atoms with Crippen LogP contribution in [0.5, 0.6) is 5.75 Å². The van der Waals surface area contributed by atoms with Crippen molar-refractivity contribution >= 4 is 23.1 Å². The van der Waals surface area contributed by atoms with Gasteiger partial charge in [0.1, 0.15) is 23.1 Å². The predicted molar refractivity (Wildman–Crippen MR) is 117 cm³/mol. The molecule has 1 aliphatic heterocycles.